The number of rotatable bonds is 2. The predicted molar refractivity (Wildman–Crippen MR) is 49.2 cm³/mol. The van der Waals surface area contributed by atoms with Gasteiger partial charge in [0.1, 0.15) is 0 Å². The number of hydrogen-bond acceptors (Lipinski definition) is 1. The third kappa shape index (κ3) is 2.19. The maximum Gasteiger partial charge on any atom is 0.167 e. The molecule has 1 aromatic carbocycles. The van der Waals surface area contributed by atoms with Crippen molar-refractivity contribution in [2.75, 3.05) is 0 Å². The van der Waals surface area contributed by atoms with Gasteiger partial charge in [-0.05, 0) is 0 Å². The first-order valence-electron chi connectivity index (χ1n) is 3.21. The van der Waals surface area contributed by atoms with Gasteiger partial charge in [0.2, 0.25) is 0 Å². The Bertz CT molecular complexity index is 246. The highest BCUT2D eigenvalue weighted by Crippen LogP contribution is 2.06. The monoisotopic (exact) mass is 208 g/mol. The lowest BCUT2D eigenvalue weighted by Gasteiger charge is -2.00. The Hall–Kier alpha value is -0.565. The van der Waals surface area contributed by atoms with Gasteiger partial charge in [0.05, 0.1) is 7.85 Å². The topological polar surface area (TPSA) is 17.1 Å². The Labute approximate surface area is 75.3 Å². The lowest BCUT2D eigenvalue weighted by atomic mass is 9.96. The number of halogens is 1. The quantitative estimate of drug-likeness (QED) is 0.412. The van der Waals surface area contributed by atoms with Crippen LogP contribution in [0.5, 0.6) is 0 Å². The minimum atomic E-state index is -0.593. The predicted octanol–water partition coefficient (Wildman–Crippen LogP) is 1.76. The van der Waals surface area contributed by atoms with Crippen molar-refractivity contribution in [3.05, 3.63) is 35.9 Å². The van der Waals surface area contributed by atoms with Gasteiger partial charge in [-0.25, -0.2) is 0 Å². The van der Waals surface area contributed by atoms with Crippen LogP contribution in [0, 0.1) is 0 Å². The molecule has 0 amide bonds. The third-order valence-corrected chi connectivity index (χ3v) is 1.72. The third-order valence-electron chi connectivity index (χ3n) is 1.31. The number of carbonyl (C=O) groups excluding carboxylic acids is 1. The Balaban J connectivity index is 2.86. The van der Waals surface area contributed by atoms with Gasteiger partial charge in [0, 0.05) is 10.3 Å². The van der Waals surface area contributed by atoms with E-state index in [1.807, 2.05) is 18.2 Å². The average Bonchev–Trinajstić information content (AvgIpc) is 2.05. The van der Waals surface area contributed by atoms with Gasteiger partial charge in [-0.15, -0.1) is 0 Å². The SMILES string of the molecule is [B]C(Br)C(=O)c1ccccc1. The summed E-state index contributed by atoms with van der Waals surface area (Å²) in [5, 5.41) is 0. The Kier molecular flexibility index (Phi) is 2.88. The zero-order chi connectivity index (χ0) is 8.27. The molecule has 1 aromatic rings. The molecule has 1 unspecified atom stereocenters. The van der Waals surface area contributed by atoms with Crippen LogP contribution in [0.2, 0.25) is 0 Å². The summed E-state index contributed by atoms with van der Waals surface area (Å²) in [6.45, 7) is 0. The molecule has 0 saturated carbocycles. The number of Topliss-reactive ketones (excluding diaryl/α,β-unsaturated/α-hetero) is 1. The first-order chi connectivity index (χ1) is 5.22. The molecule has 1 atom stereocenters. The largest absolute Gasteiger partial charge is 0.294 e. The van der Waals surface area contributed by atoms with Gasteiger partial charge in [0.25, 0.3) is 0 Å². The maximum atomic E-state index is 11.2. The number of alkyl halides is 1. The van der Waals surface area contributed by atoms with Gasteiger partial charge < -0.3 is 0 Å². The van der Waals surface area contributed by atoms with Crippen LogP contribution in [0.3, 0.4) is 0 Å². The molecule has 11 heavy (non-hydrogen) atoms. The molecule has 0 saturated heterocycles. The Morgan fingerprint density at radius 1 is 1.36 bits per heavy atom. The second-order valence-corrected chi connectivity index (χ2v) is 3.12. The van der Waals surface area contributed by atoms with E-state index in [1.165, 1.54) is 0 Å². The van der Waals surface area contributed by atoms with Crippen molar-refractivity contribution in [2.24, 2.45) is 0 Å². The zero-order valence-corrected chi connectivity index (χ0v) is 7.41. The summed E-state index contributed by atoms with van der Waals surface area (Å²) in [5.41, 5.74) is 0.636. The number of ketones is 1. The van der Waals surface area contributed by atoms with Gasteiger partial charge in [-0.3, -0.25) is 4.79 Å². The van der Waals surface area contributed by atoms with E-state index in [4.69, 9.17) is 7.85 Å². The maximum absolute atomic E-state index is 11.2. The van der Waals surface area contributed by atoms with E-state index in [0.717, 1.165) is 0 Å². The van der Waals surface area contributed by atoms with E-state index in [2.05, 4.69) is 15.9 Å². The minimum absolute atomic E-state index is 0.0920. The lowest BCUT2D eigenvalue weighted by molar-refractivity contribution is 0.101. The molecule has 3 heteroatoms. The Morgan fingerprint density at radius 3 is 2.36 bits per heavy atom. The fourth-order valence-electron chi connectivity index (χ4n) is 0.762. The van der Waals surface area contributed by atoms with Crippen molar-refractivity contribution in [1.29, 1.82) is 0 Å². The molecule has 0 spiro atoms. The molecule has 0 aromatic heterocycles. The second kappa shape index (κ2) is 3.72. The van der Waals surface area contributed by atoms with E-state index in [9.17, 15) is 4.79 Å². The highest BCUT2D eigenvalue weighted by Gasteiger charge is 2.09. The first kappa shape index (κ1) is 8.53. The molecule has 0 aliphatic carbocycles. The van der Waals surface area contributed by atoms with Crippen LogP contribution in [0.1, 0.15) is 10.4 Å². The van der Waals surface area contributed by atoms with Crippen molar-refractivity contribution < 1.29 is 4.79 Å². The fourth-order valence-corrected chi connectivity index (χ4v) is 1.03. The molecule has 0 heterocycles. The van der Waals surface area contributed by atoms with Crippen LogP contribution in [-0.4, -0.2) is 18.4 Å². The highest BCUT2D eigenvalue weighted by atomic mass is 79.9. The molecular formula is C8H6BBrO. The van der Waals surface area contributed by atoms with Crippen LogP contribution >= 0.6 is 15.9 Å². The molecule has 0 aliphatic rings. The molecule has 1 rings (SSSR count). The summed E-state index contributed by atoms with van der Waals surface area (Å²) < 4.78 is -0.593. The summed E-state index contributed by atoms with van der Waals surface area (Å²) in [5.74, 6) is -0.0920. The first-order valence-corrected chi connectivity index (χ1v) is 4.12. The number of carbonyl (C=O) groups is 1. The molecule has 0 fully saturated rings. The molecule has 1 nitrogen and oxygen atoms in total. The van der Waals surface area contributed by atoms with Crippen molar-refractivity contribution in [3.63, 3.8) is 0 Å². The van der Waals surface area contributed by atoms with E-state index in [1.54, 1.807) is 12.1 Å². The Morgan fingerprint density at radius 2 is 1.91 bits per heavy atom. The molecular weight excluding hydrogens is 203 g/mol. The van der Waals surface area contributed by atoms with Crippen LogP contribution in [0.4, 0.5) is 0 Å². The van der Waals surface area contributed by atoms with Gasteiger partial charge in [0.15, 0.2) is 5.78 Å². The van der Waals surface area contributed by atoms with Gasteiger partial charge >= 0.3 is 0 Å². The molecule has 0 bridgehead atoms. The van der Waals surface area contributed by atoms with E-state index < -0.39 is 4.73 Å². The van der Waals surface area contributed by atoms with Crippen LogP contribution in [-0.2, 0) is 0 Å². The zero-order valence-electron chi connectivity index (χ0n) is 5.83. The van der Waals surface area contributed by atoms with Gasteiger partial charge in [-0.1, -0.05) is 46.3 Å². The molecule has 54 valence electrons. The van der Waals surface area contributed by atoms with Crippen molar-refractivity contribution in [1.82, 2.24) is 0 Å². The summed E-state index contributed by atoms with van der Waals surface area (Å²) >= 11 is 3.00. The van der Waals surface area contributed by atoms with Crippen LogP contribution in [0.15, 0.2) is 30.3 Å². The van der Waals surface area contributed by atoms with Crippen molar-refractivity contribution in [2.45, 2.75) is 4.73 Å². The summed E-state index contributed by atoms with van der Waals surface area (Å²) in [6, 6.07) is 8.95. The van der Waals surface area contributed by atoms with Crippen molar-refractivity contribution >= 4 is 29.6 Å². The summed E-state index contributed by atoms with van der Waals surface area (Å²) in [7, 11) is 5.34. The standard InChI is InChI=1S/C8H6BBrO/c9-8(10)7(11)6-4-2-1-3-5-6/h1-5,8H. The lowest BCUT2D eigenvalue weighted by Crippen LogP contribution is -2.13. The van der Waals surface area contributed by atoms with Crippen LogP contribution < -0.4 is 0 Å². The second-order valence-electron chi connectivity index (χ2n) is 2.13. The molecule has 0 aliphatic heterocycles. The normalized spacial score (nSPS) is 12.5. The summed E-state index contributed by atoms with van der Waals surface area (Å²) in [4.78, 5) is 11.2. The molecule has 2 radical (unpaired) electrons. The number of hydrogen-bond donors (Lipinski definition) is 0. The number of benzene rings is 1. The van der Waals surface area contributed by atoms with E-state index >= 15 is 0 Å². The van der Waals surface area contributed by atoms with E-state index in [-0.39, 0.29) is 5.78 Å². The minimum Gasteiger partial charge on any atom is -0.294 e. The van der Waals surface area contributed by atoms with Crippen molar-refractivity contribution in [3.8, 4) is 0 Å². The fraction of sp³-hybridized carbons (Fsp3) is 0.125. The average molecular weight is 209 g/mol. The van der Waals surface area contributed by atoms with Crippen LogP contribution in [0.25, 0.3) is 0 Å². The molecule has 0 N–H and O–H groups in total. The van der Waals surface area contributed by atoms with E-state index in [0.29, 0.717) is 5.56 Å². The highest BCUT2D eigenvalue weighted by molar-refractivity contribution is 9.10. The summed E-state index contributed by atoms with van der Waals surface area (Å²) in [6.07, 6.45) is 0. The van der Waals surface area contributed by atoms with Gasteiger partial charge in [-0.2, -0.15) is 0 Å². The smallest absolute Gasteiger partial charge is 0.167 e.